The molecule has 2 heterocycles. The van der Waals surface area contributed by atoms with Gasteiger partial charge >= 0.3 is 0 Å². The van der Waals surface area contributed by atoms with Crippen molar-refractivity contribution in [3.63, 3.8) is 0 Å². The second-order valence-corrected chi connectivity index (χ2v) is 7.56. The minimum absolute atomic E-state index is 0.0412. The molecule has 1 aliphatic rings. The molecule has 6 heteroatoms. The second kappa shape index (κ2) is 7.51. The van der Waals surface area contributed by atoms with Gasteiger partial charge in [0.1, 0.15) is 5.82 Å². The average Bonchev–Trinajstić information content (AvgIpc) is 2.94. The first-order valence-electron chi connectivity index (χ1n) is 8.02. The highest BCUT2D eigenvalue weighted by Crippen LogP contribution is 2.25. The third kappa shape index (κ3) is 4.90. The van der Waals surface area contributed by atoms with Gasteiger partial charge in [0.05, 0.1) is 0 Å². The van der Waals surface area contributed by atoms with E-state index in [1.807, 2.05) is 0 Å². The Bertz CT molecular complexity index is 418. The lowest BCUT2D eigenvalue weighted by Crippen LogP contribution is -2.46. The summed E-state index contributed by atoms with van der Waals surface area (Å²) in [6.45, 7) is 12.9. The third-order valence-corrected chi connectivity index (χ3v) is 4.68. The molecule has 0 aromatic carbocycles. The van der Waals surface area contributed by atoms with Crippen LogP contribution in [0.15, 0.2) is 0 Å². The summed E-state index contributed by atoms with van der Waals surface area (Å²) in [5.74, 6) is 0.965. The Morgan fingerprint density at radius 3 is 2.38 bits per heavy atom. The molecule has 0 saturated carbocycles. The van der Waals surface area contributed by atoms with Crippen molar-refractivity contribution in [3.8, 4) is 0 Å². The molecule has 0 spiro atoms. The van der Waals surface area contributed by atoms with Gasteiger partial charge < -0.3 is 10.6 Å². The molecule has 1 aliphatic heterocycles. The smallest absolute Gasteiger partial charge is 0.205 e. The van der Waals surface area contributed by atoms with E-state index in [1.165, 1.54) is 19.4 Å². The van der Waals surface area contributed by atoms with E-state index in [0.29, 0.717) is 0 Å². The van der Waals surface area contributed by atoms with Crippen LogP contribution < -0.4 is 10.6 Å². The number of rotatable bonds is 6. The maximum absolute atomic E-state index is 5.53. The van der Waals surface area contributed by atoms with Gasteiger partial charge in [-0.1, -0.05) is 27.2 Å². The van der Waals surface area contributed by atoms with E-state index in [4.69, 9.17) is 10.7 Å². The zero-order valence-electron chi connectivity index (χ0n) is 13.6. The highest BCUT2D eigenvalue weighted by Gasteiger charge is 2.23. The van der Waals surface area contributed by atoms with Crippen molar-refractivity contribution in [2.75, 3.05) is 44.2 Å². The predicted molar refractivity (Wildman–Crippen MR) is 90.2 cm³/mol. The van der Waals surface area contributed by atoms with Crippen LogP contribution in [-0.4, -0.2) is 53.5 Å². The molecule has 0 bridgehead atoms. The number of unbranched alkanes of at least 4 members (excludes halogenated alkanes) is 2. The van der Waals surface area contributed by atoms with Gasteiger partial charge in [-0.15, -0.1) is 0 Å². The van der Waals surface area contributed by atoms with Crippen molar-refractivity contribution in [3.05, 3.63) is 5.82 Å². The largest absolute Gasteiger partial charge is 0.344 e. The van der Waals surface area contributed by atoms with Gasteiger partial charge in [-0.05, 0) is 25.9 Å². The molecule has 2 rings (SSSR count). The van der Waals surface area contributed by atoms with Gasteiger partial charge in [-0.25, -0.2) is 4.98 Å². The molecule has 0 unspecified atom stereocenters. The third-order valence-electron chi connectivity index (χ3n) is 3.91. The fourth-order valence-electron chi connectivity index (χ4n) is 2.47. The average molecular weight is 311 g/mol. The van der Waals surface area contributed by atoms with Gasteiger partial charge in [-0.2, -0.15) is 4.37 Å². The van der Waals surface area contributed by atoms with Gasteiger partial charge in [0.15, 0.2) is 0 Å². The lowest BCUT2D eigenvalue weighted by molar-refractivity contribution is 0.252. The quantitative estimate of drug-likeness (QED) is 0.815. The summed E-state index contributed by atoms with van der Waals surface area (Å²) >= 11 is 1.54. The molecule has 120 valence electrons. The molecule has 1 aromatic heterocycles. The molecule has 5 nitrogen and oxygen atoms in total. The maximum atomic E-state index is 5.53. The van der Waals surface area contributed by atoms with E-state index in [0.717, 1.165) is 50.1 Å². The first-order valence-corrected chi connectivity index (χ1v) is 8.79. The van der Waals surface area contributed by atoms with Crippen LogP contribution in [-0.2, 0) is 5.41 Å². The zero-order chi connectivity index (χ0) is 15.3. The Balaban J connectivity index is 1.77. The monoisotopic (exact) mass is 311 g/mol. The standard InChI is InChI=1S/C15H29N5S/c1-15(2,3)13-17-14(21-18-13)20-11-9-19(10-12-20)8-6-4-5-7-16/h4-12,16H2,1-3H3. The summed E-state index contributed by atoms with van der Waals surface area (Å²) in [5, 5.41) is 1.09. The van der Waals surface area contributed by atoms with Crippen LogP contribution in [0, 0.1) is 0 Å². The normalized spacial score (nSPS) is 17.4. The van der Waals surface area contributed by atoms with Crippen molar-refractivity contribution in [1.82, 2.24) is 14.3 Å². The highest BCUT2D eigenvalue weighted by atomic mass is 32.1. The summed E-state index contributed by atoms with van der Waals surface area (Å²) in [5.41, 5.74) is 5.57. The molecule has 0 amide bonds. The summed E-state index contributed by atoms with van der Waals surface area (Å²) in [4.78, 5) is 9.65. The van der Waals surface area contributed by atoms with Crippen LogP contribution in [0.5, 0.6) is 0 Å². The summed E-state index contributed by atoms with van der Waals surface area (Å²) in [7, 11) is 0. The Kier molecular flexibility index (Phi) is 5.96. The zero-order valence-corrected chi connectivity index (χ0v) is 14.5. The van der Waals surface area contributed by atoms with Gasteiger partial charge in [-0.3, -0.25) is 4.90 Å². The number of nitrogens with zero attached hydrogens (tertiary/aromatic N) is 4. The first kappa shape index (κ1) is 16.6. The first-order chi connectivity index (χ1) is 10.0. The van der Waals surface area contributed by atoms with Crippen LogP contribution in [0.4, 0.5) is 5.13 Å². The van der Waals surface area contributed by atoms with E-state index in [1.54, 1.807) is 11.5 Å². The van der Waals surface area contributed by atoms with E-state index < -0.39 is 0 Å². The number of hydrogen-bond donors (Lipinski definition) is 1. The molecule has 2 N–H and O–H groups in total. The predicted octanol–water partition coefficient (Wildman–Crippen LogP) is 2.09. The highest BCUT2D eigenvalue weighted by molar-refractivity contribution is 7.09. The second-order valence-electron chi connectivity index (χ2n) is 6.83. The van der Waals surface area contributed by atoms with E-state index in [2.05, 4.69) is 34.9 Å². The SMILES string of the molecule is CC(C)(C)c1nsc(N2CCN(CCCCCN)CC2)n1. The van der Waals surface area contributed by atoms with Gasteiger partial charge in [0.25, 0.3) is 0 Å². The molecule has 21 heavy (non-hydrogen) atoms. The maximum Gasteiger partial charge on any atom is 0.205 e. The molecule has 1 aromatic rings. The van der Waals surface area contributed by atoms with E-state index in [9.17, 15) is 0 Å². The molecular formula is C15H29N5S. The van der Waals surface area contributed by atoms with Crippen LogP contribution in [0.3, 0.4) is 0 Å². The van der Waals surface area contributed by atoms with Crippen molar-refractivity contribution >= 4 is 16.7 Å². The summed E-state index contributed by atoms with van der Waals surface area (Å²) in [6, 6.07) is 0. The van der Waals surface area contributed by atoms with E-state index >= 15 is 0 Å². The molecular weight excluding hydrogens is 282 g/mol. The van der Waals surface area contributed by atoms with Crippen LogP contribution in [0.2, 0.25) is 0 Å². The van der Waals surface area contributed by atoms with Crippen LogP contribution >= 0.6 is 11.5 Å². The number of nitrogens with two attached hydrogens (primary N) is 1. The Morgan fingerprint density at radius 1 is 1.10 bits per heavy atom. The molecule has 0 radical (unpaired) electrons. The summed E-state index contributed by atoms with van der Waals surface area (Å²) in [6.07, 6.45) is 3.67. The topological polar surface area (TPSA) is 58.3 Å². The van der Waals surface area contributed by atoms with Gasteiger partial charge in [0, 0.05) is 43.1 Å². The Hall–Kier alpha value is -0.720. The number of piperazine rings is 1. The number of hydrogen-bond acceptors (Lipinski definition) is 6. The lowest BCUT2D eigenvalue weighted by atomic mass is 9.96. The number of aromatic nitrogens is 2. The molecule has 1 fully saturated rings. The Labute approximate surface area is 132 Å². The van der Waals surface area contributed by atoms with E-state index in [-0.39, 0.29) is 5.41 Å². The Morgan fingerprint density at radius 2 is 1.81 bits per heavy atom. The molecule has 1 saturated heterocycles. The molecule has 0 atom stereocenters. The fraction of sp³-hybridized carbons (Fsp3) is 0.867. The van der Waals surface area contributed by atoms with Gasteiger partial charge in [0.2, 0.25) is 5.13 Å². The fourth-order valence-corrected chi connectivity index (χ4v) is 3.38. The minimum Gasteiger partial charge on any atom is -0.344 e. The lowest BCUT2D eigenvalue weighted by Gasteiger charge is -2.34. The molecule has 0 aliphatic carbocycles. The van der Waals surface area contributed by atoms with Crippen molar-refractivity contribution in [1.29, 1.82) is 0 Å². The van der Waals surface area contributed by atoms with Crippen molar-refractivity contribution in [2.45, 2.75) is 45.4 Å². The van der Waals surface area contributed by atoms with Crippen molar-refractivity contribution in [2.24, 2.45) is 5.73 Å². The van der Waals surface area contributed by atoms with Crippen molar-refractivity contribution < 1.29 is 0 Å². The number of anilines is 1. The summed E-state index contributed by atoms with van der Waals surface area (Å²) < 4.78 is 4.52. The van der Waals surface area contributed by atoms with Crippen LogP contribution in [0.25, 0.3) is 0 Å². The van der Waals surface area contributed by atoms with Crippen LogP contribution in [0.1, 0.15) is 45.9 Å². The minimum atomic E-state index is 0.0412.